The first kappa shape index (κ1) is 19.2. The van der Waals surface area contributed by atoms with Crippen LogP contribution in [0.4, 0.5) is 9.39 Å². The van der Waals surface area contributed by atoms with E-state index in [9.17, 15) is 18.8 Å². The zero-order valence-corrected chi connectivity index (χ0v) is 16.1. The number of anilines is 1. The first-order valence-corrected chi connectivity index (χ1v) is 9.51. The summed E-state index contributed by atoms with van der Waals surface area (Å²) in [6, 6.07) is 5.06. The summed E-state index contributed by atoms with van der Waals surface area (Å²) < 4.78 is 18.4. The van der Waals surface area contributed by atoms with Gasteiger partial charge in [0.05, 0.1) is 5.56 Å². The molecule has 0 bridgehead atoms. The van der Waals surface area contributed by atoms with Crippen molar-refractivity contribution in [3.8, 4) is 0 Å². The van der Waals surface area contributed by atoms with Crippen LogP contribution in [0.5, 0.6) is 0 Å². The first-order valence-electron chi connectivity index (χ1n) is 8.69. The molecule has 1 N–H and O–H groups in total. The number of benzene rings is 1. The average Bonchev–Trinajstić information content (AvgIpc) is 3.42. The number of aryl methyl sites for hydroxylation is 1. The molecular formula is C20H20FNO4S. The molecule has 1 saturated carbocycles. The van der Waals surface area contributed by atoms with Gasteiger partial charge in [0.15, 0.2) is 6.10 Å². The maximum atomic E-state index is 13.0. The van der Waals surface area contributed by atoms with E-state index < -0.39 is 23.7 Å². The maximum Gasteiger partial charge on any atom is 0.342 e. The molecule has 0 aliphatic heterocycles. The highest BCUT2D eigenvalue weighted by Gasteiger charge is 2.32. The number of thiophene rings is 1. The number of ether oxygens (including phenoxy) is 1. The number of esters is 1. The lowest BCUT2D eigenvalue weighted by molar-refractivity contribution is -0.117. The van der Waals surface area contributed by atoms with Crippen LogP contribution in [0, 0.1) is 25.6 Å². The molecule has 5 nitrogen and oxygen atoms in total. The van der Waals surface area contributed by atoms with Gasteiger partial charge in [0.2, 0.25) is 11.7 Å². The molecule has 2 aromatic rings. The number of carbonyl (C=O) groups excluding carboxylic acids is 3. The van der Waals surface area contributed by atoms with Crippen LogP contribution in [0.2, 0.25) is 0 Å². The van der Waals surface area contributed by atoms with Crippen molar-refractivity contribution < 1.29 is 23.5 Å². The van der Waals surface area contributed by atoms with Gasteiger partial charge in [0.1, 0.15) is 10.8 Å². The Labute approximate surface area is 160 Å². The molecular weight excluding hydrogens is 369 g/mol. The van der Waals surface area contributed by atoms with Crippen molar-refractivity contribution >= 4 is 34.0 Å². The second-order valence-electron chi connectivity index (χ2n) is 6.67. The highest BCUT2D eigenvalue weighted by Crippen LogP contribution is 2.36. The van der Waals surface area contributed by atoms with Crippen molar-refractivity contribution in [2.24, 2.45) is 5.92 Å². The van der Waals surface area contributed by atoms with Gasteiger partial charge >= 0.3 is 5.97 Å². The van der Waals surface area contributed by atoms with Gasteiger partial charge in [-0.1, -0.05) is 0 Å². The van der Waals surface area contributed by atoms with E-state index >= 15 is 0 Å². The molecule has 27 heavy (non-hydrogen) atoms. The van der Waals surface area contributed by atoms with Crippen molar-refractivity contribution in [3.63, 3.8) is 0 Å². The van der Waals surface area contributed by atoms with E-state index in [1.54, 1.807) is 6.92 Å². The van der Waals surface area contributed by atoms with Crippen molar-refractivity contribution in [2.75, 3.05) is 5.32 Å². The Morgan fingerprint density at radius 1 is 1.19 bits per heavy atom. The number of Topliss-reactive ketones (excluding diaryl/α,β-unsaturated/α-hetero) is 1. The van der Waals surface area contributed by atoms with Crippen molar-refractivity contribution in [1.29, 1.82) is 0 Å². The molecule has 3 rings (SSSR count). The van der Waals surface area contributed by atoms with Crippen molar-refractivity contribution in [1.82, 2.24) is 0 Å². The van der Waals surface area contributed by atoms with Gasteiger partial charge in [-0.3, -0.25) is 9.59 Å². The minimum atomic E-state index is -1.03. The number of rotatable bonds is 6. The van der Waals surface area contributed by atoms with Crippen LogP contribution in [-0.4, -0.2) is 23.8 Å². The summed E-state index contributed by atoms with van der Waals surface area (Å²) in [5.41, 5.74) is 1.26. The topological polar surface area (TPSA) is 72.5 Å². The number of ketones is 1. The van der Waals surface area contributed by atoms with Gasteiger partial charge in [-0.2, -0.15) is 0 Å². The Balaban J connectivity index is 1.75. The summed E-state index contributed by atoms with van der Waals surface area (Å²) in [5, 5.41) is 3.26. The zero-order chi connectivity index (χ0) is 19.7. The van der Waals surface area contributed by atoms with Crippen LogP contribution in [-0.2, 0) is 9.53 Å². The second-order valence-corrected chi connectivity index (χ2v) is 7.89. The third-order valence-electron chi connectivity index (χ3n) is 4.56. The van der Waals surface area contributed by atoms with Gasteiger partial charge in [-0.25, -0.2) is 9.18 Å². The SMILES string of the molecule is Cc1sc(NC(=O)C2CC2)c(C(=O)O[C@H](C)C(=O)c2ccc(F)cc2)c1C. The molecule has 142 valence electrons. The van der Waals surface area contributed by atoms with E-state index in [-0.39, 0.29) is 23.0 Å². The molecule has 0 unspecified atom stereocenters. The van der Waals surface area contributed by atoms with E-state index in [0.717, 1.165) is 23.3 Å². The Hall–Kier alpha value is -2.54. The van der Waals surface area contributed by atoms with Crippen LogP contribution in [0.3, 0.4) is 0 Å². The lowest BCUT2D eigenvalue weighted by atomic mass is 10.1. The molecule has 0 spiro atoms. The fraction of sp³-hybridized carbons (Fsp3) is 0.350. The standard InChI is InChI=1S/C20H20FNO4S/c1-10-12(3)27-19(22-18(24)14-4-5-14)16(10)20(25)26-11(2)17(23)13-6-8-15(21)9-7-13/h6-9,11,14H,4-5H2,1-3H3,(H,22,24)/t11-/m1/s1. The molecule has 1 fully saturated rings. The van der Waals surface area contributed by atoms with E-state index in [1.807, 2.05) is 6.92 Å². The highest BCUT2D eigenvalue weighted by atomic mass is 32.1. The number of hydrogen-bond acceptors (Lipinski definition) is 5. The highest BCUT2D eigenvalue weighted by molar-refractivity contribution is 7.16. The smallest absolute Gasteiger partial charge is 0.342 e. The van der Waals surface area contributed by atoms with E-state index in [2.05, 4.69) is 5.32 Å². The number of halogens is 1. The fourth-order valence-electron chi connectivity index (χ4n) is 2.64. The number of nitrogens with one attached hydrogen (secondary N) is 1. The quantitative estimate of drug-likeness (QED) is 0.591. The van der Waals surface area contributed by atoms with E-state index in [4.69, 9.17) is 4.74 Å². The molecule has 0 radical (unpaired) electrons. The van der Waals surface area contributed by atoms with Gasteiger partial charge in [0, 0.05) is 16.4 Å². The molecule has 1 aliphatic carbocycles. The summed E-state index contributed by atoms with van der Waals surface area (Å²) in [5.74, 6) is -1.62. The summed E-state index contributed by atoms with van der Waals surface area (Å²) >= 11 is 1.32. The van der Waals surface area contributed by atoms with Crippen LogP contribution < -0.4 is 5.32 Å². The first-order chi connectivity index (χ1) is 12.8. The summed E-state index contributed by atoms with van der Waals surface area (Å²) in [6.07, 6.45) is 0.686. The van der Waals surface area contributed by atoms with Crippen LogP contribution in [0.1, 0.15) is 50.9 Å². The monoisotopic (exact) mass is 389 g/mol. The number of amides is 1. The second kappa shape index (κ2) is 7.60. The Kier molecular flexibility index (Phi) is 5.41. The largest absolute Gasteiger partial charge is 0.451 e. The van der Waals surface area contributed by atoms with Crippen molar-refractivity contribution in [3.05, 3.63) is 51.7 Å². The predicted octanol–water partition coefficient (Wildman–Crippen LogP) is 4.28. The minimum Gasteiger partial charge on any atom is -0.451 e. The Bertz CT molecular complexity index is 899. The zero-order valence-electron chi connectivity index (χ0n) is 15.3. The molecule has 1 aromatic carbocycles. The lowest BCUT2D eigenvalue weighted by Crippen LogP contribution is -2.25. The molecule has 1 aromatic heterocycles. The molecule has 7 heteroatoms. The Morgan fingerprint density at radius 2 is 1.81 bits per heavy atom. The predicted molar refractivity (Wildman–Crippen MR) is 101 cm³/mol. The third-order valence-corrected chi connectivity index (χ3v) is 5.68. The minimum absolute atomic E-state index is 0.00978. The van der Waals surface area contributed by atoms with Gasteiger partial charge in [-0.05, 0) is 63.4 Å². The number of carbonyl (C=O) groups is 3. The molecule has 1 amide bonds. The third kappa shape index (κ3) is 4.24. The molecule has 1 aliphatic rings. The molecule has 0 saturated heterocycles. The average molecular weight is 389 g/mol. The molecule has 1 atom stereocenters. The molecule has 1 heterocycles. The van der Waals surface area contributed by atoms with E-state index in [0.29, 0.717) is 5.00 Å². The lowest BCUT2D eigenvalue weighted by Gasteiger charge is -2.13. The van der Waals surface area contributed by atoms with Crippen LogP contribution in [0.15, 0.2) is 24.3 Å². The maximum absolute atomic E-state index is 13.0. The van der Waals surface area contributed by atoms with Crippen LogP contribution in [0.25, 0.3) is 0 Å². The van der Waals surface area contributed by atoms with Gasteiger partial charge in [0.25, 0.3) is 0 Å². The van der Waals surface area contributed by atoms with Gasteiger partial charge in [-0.15, -0.1) is 11.3 Å². The summed E-state index contributed by atoms with van der Waals surface area (Å²) in [7, 11) is 0. The van der Waals surface area contributed by atoms with Crippen molar-refractivity contribution in [2.45, 2.75) is 39.7 Å². The van der Waals surface area contributed by atoms with Gasteiger partial charge < -0.3 is 10.1 Å². The normalized spacial score (nSPS) is 14.5. The van der Waals surface area contributed by atoms with Crippen LogP contribution >= 0.6 is 11.3 Å². The van der Waals surface area contributed by atoms with E-state index in [1.165, 1.54) is 42.5 Å². The summed E-state index contributed by atoms with van der Waals surface area (Å²) in [4.78, 5) is 38.1. The Morgan fingerprint density at radius 3 is 2.41 bits per heavy atom. The summed E-state index contributed by atoms with van der Waals surface area (Å²) in [6.45, 7) is 5.11. The fourth-order valence-corrected chi connectivity index (χ4v) is 3.69. The number of hydrogen-bond donors (Lipinski definition) is 1.